The summed E-state index contributed by atoms with van der Waals surface area (Å²) in [5.41, 5.74) is 1.02. The first-order valence-corrected chi connectivity index (χ1v) is 10.6. The van der Waals surface area contributed by atoms with Crippen LogP contribution in [0.5, 0.6) is 0 Å². The average Bonchev–Trinajstić information content (AvgIpc) is 3.26. The minimum Gasteiger partial charge on any atom is -0.464 e. The van der Waals surface area contributed by atoms with Crippen LogP contribution in [0.15, 0.2) is 58.2 Å². The Morgan fingerprint density at radius 3 is 2.50 bits per heavy atom. The van der Waals surface area contributed by atoms with Crippen molar-refractivity contribution in [2.45, 2.75) is 26.4 Å². The molecule has 0 bridgehead atoms. The van der Waals surface area contributed by atoms with Crippen LogP contribution in [0.4, 0.5) is 9.59 Å². The fourth-order valence-electron chi connectivity index (χ4n) is 3.20. The molecule has 1 aromatic carbocycles. The predicted octanol–water partition coefficient (Wildman–Crippen LogP) is 1.80. The lowest BCUT2D eigenvalue weighted by atomic mass is 10.0. The zero-order chi connectivity index (χ0) is 24.5. The molecule has 34 heavy (non-hydrogen) atoms. The molecule has 0 aliphatic carbocycles. The van der Waals surface area contributed by atoms with Crippen LogP contribution in [0.1, 0.15) is 30.0 Å². The smallest absolute Gasteiger partial charge is 0.338 e. The summed E-state index contributed by atoms with van der Waals surface area (Å²) in [6.45, 7) is 2.96. The van der Waals surface area contributed by atoms with Gasteiger partial charge in [0.15, 0.2) is 0 Å². The number of ether oxygens (including phenoxy) is 2. The second kappa shape index (κ2) is 11.5. The van der Waals surface area contributed by atoms with Gasteiger partial charge in [0.1, 0.15) is 30.7 Å². The third-order valence-corrected chi connectivity index (χ3v) is 4.76. The molecule has 1 atom stereocenters. The Balaban J connectivity index is 1.61. The van der Waals surface area contributed by atoms with Crippen LogP contribution in [0.2, 0.25) is 0 Å². The molecule has 0 spiro atoms. The molecule has 1 aliphatic rings. The van der Waals surface area contributed by atoms with Gasteiger partial charge in [0.2, 0.25) is 0 Å². The standard InChI is InChI=1S/C23H26N4O7/c1-3-32-21(29)19-16(26-23(31)27-20(19)17-10-9-14(2)34-17)13-33-18(28)12-25-22(30)24-11-15-7-5-4-6-8-15/h4-10,20H,3,11-13H2,1-2H3,(H2,24,25,30)(H2,26,27,31). The van der Waals surface area contributed by atoms with E-state index in [2.05, 4.69) is 21.3 Å². The van der Waals surface area contributed by atoms with Gasteiger partial charge in [-0.15, -0.1) is 0 Å². The number of rotatable bonds is 9. The number of benzene rings is 1. The van der Waals surface area contributed by atoms with E-state index in [1.807, 2.05) is 30.3 Å². The van der Waals surface area contributed by atoms with Crippen LogP contribution >= 0.6 is 0 Å². The van der Waals surface area contributed by atoms with Crippen LogP contribution in [-0.4, -0.2) is 43.8 Å². The summed E-state index contributed by atoms with van der Waals surface area (Å²) < 4.78 is 15.9. The van der Waals surface area contributed by atoms with Gasteiger partial charge < -0.3 is 35.2 Å². The highest BCUT2D eigenvalue weighted by Gasteiger charge is 2.36. The van der Waals surface area contributed by atoms with Crippen molar-refractivity contribution in [3.8, 4) is 0 Å². The molecule has 0 saturated heterocycles. The van der Waals surface area contributed by atoms with Gasteiger partial charge >= 0.3 is 24.0 Å². The van der Waals surface area contributed by atoms with E-state index in [-0.39, 0.29) is 17.9 Å². The van der Waals surface area contributed by atoms with Crippen LogP contribution in [-0.2, 0) is 25.6 Å². The van der Waals surface area contributed by atoms with Gasteiger partial charge in [0.05, 0.1) is 17.9 Å². The number of hydrogen-bond acceptors (Lipinski definition) is 7. The van der Waals surface area contributed by atoms with E-state index in [1.165, 1.54) is 0 Å². The fraction of sp³-hybridized carbons (Fsp3) is 0.304. The van der Waals surface area contributed by atoms with E-state index in [1.54, 1.807) is 26.0 Å². The Bertz CT molecular complexity index is 1080. The van der Waals surface area contributed by atoms with Crippen molar-refractivity contribution < 1.29 is 33.1 Å². The minimum atomic E-state index is -0.919. The van der Waals surface area contributed by atoms with Gasteiger partial charge in [-0.05, 0) is 31.5 Å². The normalized spacial score (nSPS) is 15.1. The van der Waals surface area contributed by atoms with Crippen molar-refractivity contribution in [3.05, 3.63) is 70.8 Å². The first-order valence-electron chi connectivity index (χ1n) is 10.6. The summed E-state index contributed by atoms with van der Waals surface area (Å²) in [6.07, 6.45) is 0. The summed E-state index contributed by atoms with van der Waals surface area (Å²) in [5, 5.41) is 10.1. The van der Waals surface area contributed by atoms with E-state index in [0.717, 1.165) is 5.56 Å². The van der Waals surface area contributed by atoms with E-state index in [4.69, 9.17) is 13.9 Å². The molecule has 2 aromatic rings. The first-order chi connectivity index (χ1) is 16.4. The Morgan fingerprint density at radius 2 is 1.82 bits per heavy atom. The summed E-state index contributed by atoms with van der Waals surface area (Å²) >= 11 is 0. The highest BCUT2D eigenvalue weighted by atomic mass is 16.5. The molecular weight excluding hydrogens is 444 g/mol. The van der Waals surface area contributed by atoms with Gasteiger partial charge in [-0.3, -0.25) is 4.79 Å². The molecule has 0 saturated carbocycles. The summed E-state index contributed by atoms with van der Waals surface area (Å²) in [7, 11) is 0. The lowest BCUT2D eigenvalue weighted by Gasteiger charge is -2.27. The molecule has 0 fully saturated rings. The van der Waals surface area contributed by atoms with Gasteiger partial charge in [0, 0.05) is 6.54 Å². The van der Waals surface area contributed by atoms with Crippen LogP contribution in [0, 0.1) is 6.92 Å². The Morgan fingerprint density at radius 1 is 1.06 bits per heavy atom. The molecule has 4 N–H and O–H groups in total. The average molecular weight is 470 g/mol. The van der Waals surface area contributed by atoms with Crippen molar-refractivity contribution in [2.75, 3.05) is 19.8 Å². The molecule has 2 heterocycles. The number of amides is 4. The van der Waals surface area contributed by atoms with E-state index >= 15 is 0 Å². The molecule has 11 nitrogen and oxygen atoms in total. The maximum Gasteiger partial charge on any atom is 0.338 e. The van der Waals surface area contributed by atoms with Crippen molar-refractivity contribution in [1.82, 2.24) is 21.3 Å². The molecule has 0 radical (unpaired) electrons. The zero-order valence-corrected chi connectivity index (χ0v) is 18.8. The molecular formula is C23H26N4O7. The van der Waals surface area contributed by atoms with Gasteiger partial charge in [-0.1, -0.05) is 30.3 Å². The minimum absolute atomic E-state index is 0.0529. The largest absolute Gasteiger partial charge is 0.464 e. The molecule has 1 aromatic heterocycles. The number of esters is 2. The second-order valence-electron chi connectivity index (χ2n) is 7.28. The van der Waals surface area contributed by atoms with E-state index < -0.39 is 43.2 Å². The second-order valence-corrected chi connectivity index (χ2v) is 7.28. The summed E-state index contributed by atoms with van der Waals surface area (Å²) in [5.74, 6) is -0.533. The van der Waals surface area contributed by atoms with E-state index in [9.17, 15) is 19.2 Å². The molecule has 11 heteroatoms. The maximum absolute atomic E-state index is 12.6. The summed E-state index contributed by atoms with van der Waals surface area (Å²) in [6, 6.07) is 10.5. The van der Waals surface area contributed by atoms with Crippen molar-refractivity contribution >= 4 is 24.0 Å². The van der Waals surface area contributed by atoms with Gasteiger partial charge in [0.25, 0.3) is 0 Å². The number of urea groups is 2. The molecule has 4 amide bonds. The third-order valence-electron chi connectivity index (χ3n) is 4.76. The highest BCUT2D eigenvalue weighted by Crippen LogP contribution is 2.29. The third kappa shape index (κ3) is 6.61. The SMILES string of the molecule is CCOC(=O)C1=C(COC(=O)CNC(=O)NCc2ccccc2)NC(=O)NC1c1ccc(C)o1. The monoisotopic (exact) mass is 470 g/mol. The zero-order valence-electron chi connectivity index (χ0n) is 18.8. The summed E-state index contributed by atoms with van der Waals surface area (Å²) in [4.78, 5) is 48.9. The number of carbonyl (C=O) groups excluding carboxylic acids is 4. The van der Waals surface area contributed by atoms with Crippen LogP contribution < -0.4 is 21.3 Å². The first kappa shape index (κ1) is 24.4. The Labute approximate surface area is 195 Å². The van der Waals surface area contributed by atoms with Crippen molar-refractivity contribution in [2.24, 2.45) is 0 Å². The maximum atomic E-state index is 12.6. The number of hydrogen-bond donors (Lipinski definition) is 4. The lowest BCUT2D eigenvalue weighted by Crippen LogP contribution is -2.47. The molecule has 3 rings (SSSR count). The predicted molar refractivity (Wildman–Crippen MR) is 119 cm³/mol. The van der Waals surface area contributed by atoms with Gasteiger partial charge in [-0.2, -0.15) is 0 Å². The fourth-order valence-corrected chi connectivity index (χ4v) is 3.20. The lowest BCUT2D eigenvalue weighted by molar-refractivity contribution is -0.142. The van der Waals surface area contributed by atoms with Crippen molar-refractivity contribution in [1.29, 1.82) is 0 Å². The number of furan rings is 1. The molecule has 1 unspecified atom stereocenters. The van der Waals surface area contributed by atoms with Crippen LogP contribution in [0.3, 0.4) is 0 Å². The molecule has 1 aliphatic heterocycles. The molecule has 180 valence electrons. The van der Waals surface area contributed by atoms with Gasteiger partial charge in [-0.25, -0.2) is 14.4 Å². The van der Waals surface area contributed by atoms with Crippen molar-refractivity contribution in [3.63, 3.8) is 0 Å². The highest BCUT2D eigenvalue weighted by molar-refractivity contribution is 5.95. The number of aryl methyl sites for hydroxylation is 1. The number of nitrogens with one attached hydrogen (secondary N) is 4. The number of carbonyl (C=O) groups is 4. The van der Waals surface area contributed by atoms with Crippen LogP contribution in [0.25, 0.3) is 0 Å². The Kier molecular flexibility index (Phi) is 8.27. The topological polar surface area (TPSA) is 148 Å². The van der Waals surface area contributed by atoms with E-state index in [0.29, 0.717) is 18.1 Å². The quantitative estimate of drug-likeness (QED) is 0.409. The Hall–Kier alpha value is -4.28.